The van der Waals surface area contributed by atoms with E-state index in [-0.39, 0.29) is 0 Å². The number of thiazole rings is 1. The lowest BCUT2D eigenvalue weighted by Gasteiger charge is -2.32. The number of rotatable bonds is 4. The van der Waals surface area contributed by atoms with Gasteiger partial charge in [-0.2, -0.15) is 0 Å². The molecule has 0 aromatic carbocycles. The topological polar surface area (TPSA) is 34.1 Å². The minimum absolute atomic E-state index is 0.416. The van der Waals surface area contributed by atoms with E-state index in [2.05, 4.69) is 29.5 Å². The maximum Gasteiger partial charge on any atom is 0.107 e. The van der Waals surface area contributed by atoms with Gasteiger partial charge in [-0.3, -0.25) is 0 Å². The van der Waals surface area contributed by atoms with Crippen molar-refractivity contribution in [3.05, 3.63) is 16.1 Å². The third-order valence-corrected chi connectivity index (χ3v) is 4.23. The van der Waals surface area contributed by atoms with Gasteiger partial charge in [0.25, 0.3) is 0 Å². The SMILES string of the molecule is Cc1csc(CNC2CCOC(C(C)C)C2)n1. The van der Waals surface area contributed by atoms with Crippen LogP contribution in [0, 0.1) is 12.8 Å². The van der Waals surface area contributed by atoms with Crippen LogP contribution in [0.15, 0.2) is 5.38 Å². The summed E-state index contributed by atoms with van der Waals surface area (Å²) in [7, 11) is 0. The molecule has 1 saturated heterocycles. The van der Waals surface area contributed by atoms with E-state index in [1.165, 1.54) is 5.01 Å². The fraction of sp³-hybridized carbons (Fsp3) is 0.769. The lowest BCUT2D eigenvalue weighted by atomic mass is 9.95. The highest BCUT2D eigenvalue weighted by Gasteiger charge is 2.24. The fourth-order valence-corrected chi connectivity index (χ4v) is 2.92. The predicted molar refractivity (Wildman–Crippen MR) is 71.3 cm³/mol. The zero-order chi connectivity index (χ0) is 12.3. The molecule has 0 saturated carbocycles. The molecule has 0 radical (unpaired) electrons. The van der Waals surface area contributed by atoms with Crippen LogP contribution < -0.4 is 5.32 Å². The van der Waals surface area contributed by atoms with Gasteiger partial charge in [-0.1, -0.05) is 13.8 Å². The van der Waals surface area contributed by atoms with E-state index >= 15 is 0 Å². The Bertz CT molecular complexity index is 351. The first-order valence-electron chi connectivity index (χ1n) is 6.41. The predicted octanol–water partition coefficient (Wildman–Crippen LogP) is 2.74. The van der Waals surface area contributed by atoms with Crippen molar-refractivity contribution in [1.29, 1.82) is 0 Å². The lowest BCUT2D eigenvalue weighted by molar-refractivity contribution is -0.0245. The summed E-state index contributed by atoms with van der Waals surface area (Å²) in [4.78, 5) is 4.47. The molecule has 2 rings (SSSR count). The van der Waals surface area contributed by atoms with E-state index in [0.717, 1.165) is 31.7 Å². The molecule has 1 N–H and O–H groups in total. The third-order valence-electron chi connectivity index (χ3n) is 3.27. The van der Waals surface area contributed by atoms with Gasteiger partial charge in [-0.15, -0.1) is 11.3 Å². The van der Waals surface area contributed by atoms with Crippen LogP contribution in [0.4, 0.5) is 0 Å². The standard InChI is InChI=1S/C13H22N2OS/c1-9(2)12-6-11(4-5-16-12)14-7-13-15-10(3)8-17-13/h8-9,11-12,14H,4-7H2,1-3H3. The lowest BCUT2D eigenvalue weighted by Crippen LogP contribution is -2.40. The van der Waals surface area contributed by atoms with Gasteiger partial charge in [0.15, 0.2) is 0 Å². The molecule has 96 valence electrons. The van der Waals surface area contributed by atoms with Gasteiger partial charge in [-0.25, -0.2) is 4.98 Å². The van der Waals surface area contributed by atoms with Crippen molar-refractivity contribution in [2.45, 2.75) is 52.3 Å². The molecule has 2 atom stereocenters. The molecule has 0 spiro atoms. The van der Waals surface area contributed by atoms with Crippen LogP contribution in [0.3, 0.4) is 0 Å². The highest BCUT2D eigenvalue weighted by atomic mass is 32.1. The van der Waals surface area contributed by atoms with E-state index in [1.807, 2.05) is 6.92 Å². The Morgan fingerprint density at radius 3 is 3.06 bits per heavy atom. The second-order valence-corrected chi connectivity index (χ2v) is 6.08. The number of nitrogens with one attached hydrogen (secondary N) is 1. The van der Waals surface area contributed by atoms with E-state index in [0.29, 0.717) is 18.1 Å². The first-order chi connectivity index (χ1) is 8.15. The average Bonchev–Trinajstić information content (AvgIpc) is 2.73. The van der Waals surface area contributed by atoms with Crippen molar-refractivity contribution < 1.29 is 4.74 Å². The normalized spacial score (nSPS) is 25.4. The number of hydrogen-bond acceptors (Lipinski definition) is 4. The Labute approximate surface area is 108 Å². The van der Waals surface area contributed by atoms with Crippen LogP contribution in [0.1, 0.15) is 37.4 Å². The molecule has 1 aliphatic heterocycles. The molecule has 1 aromatic rings. The van der Waals surface area contributed by atoms with Crippen molar-refractivity contribution in [1.82, 2.24) is 10.3 Å². The number of aromatic nitrogens is 1. The first kappa shape index (κ1) is 13.0. The van der Waals surface area contributed by atoms with Gasteiger partial charge in [0.05, 0.1) is 6.10 Å². The summed E-state index contributed by atoms with van der Waals surface area (Å²) < 4.78 is 5.77. The summed E-state index contributed by atoms with van der Waals surface area (Å²) in [5.74, 6) is 0.613. The number of ether oxygens (including phenoxy) is 1. The highest BCUT2D eigenvalue weighted by Crippen LogP contribution is 2.20. The van der Waals surface area contributed by atoms with Gasteiger partial charge in [0, 0.05) is 30.3 Å². The molecule has 0 aliphatic carbocycles. The van der Waals surface area contributed by atoms with Crippen molar-refractivity contribution in [2.24, 2.45) is 5.92 Å². The van der Waals surface area contributed by atoms with E-state index < -0.39 is 0 Å². The Morgan fingerprint density at radius 1 is 1.59 bits per heavy atom. The van der Waals surface area contributed by atoms with Crippen LogP contribution in [0.25, 0.3) is 0 Å². The molecule has 3 nitrogen and oxygen atoms in total. The fourth-order valence-electron chi connectivity index (χ4n) is 2.19. The molecular weight excluding hydrogens is 232 g/mol. The summed E-state index contributed by atoms with van der Waals surface area (Å²) in [6.07, 6.45) is 2.66. The van der Waals surface area contributed by atoms with E-state index in [1.54, 1.807) is 11.3 Å². The van der Waals surface area contributed by atoms with Crippen molar-refractivity contribution in [3.63, 3.8) is 0 Å². The van der Waals surface area contributed by atoms with Crippen molar-refractivity contribution in [3.8, 4) is 0 Å². The Balaban J connectivity index is 1.79. The molecule has 4 heteroatoms. The summed E-state index contributed by atoms with van der Waals surface area (Å²) in [6, 6.07) is 0.584. The summed E-state index contributed by atoms with van der Waals surface area (Å²) >= 11 is 1.74. The maximum absolute atomic E-state index is 5.77. The van der Waals surface area contributed by atoms with Crippen LogP contribution in [-0.4, -0.2) is 23.7 Å². The van der Waals surface area contributed by atoms with Gasteiger partial charge < -0.3 is 10.1 Å². The van der Waals surface area contributed by atoms with E-state index in [9.17, 15) is 0 Å². The molecule has 0 amide bonds. The smallest absolute Gasteiger partial charge is 0.107 e. The number of nitrogens with zero attached hydrogens (tertiary/aromatic N) is 1. The maximum atomic E-state index is 5.77. The monoisotopic (exact) mass is 254 g/mol. The van der Waals surface area contributed by atoms with Gasteiger partial charge in [-0.05, 0) is 25.7 Å². The molecule has 1 aromatic heterocycles. The molecular formula is C13H22N2OS. The molecule has 1 aliphatic rings. The Kier molecular flexibility index (Phi) is 4.54. The second kappa shape index (κ2) is 5.94. The molecule has 1 fully saturated rings. The summed E-state index contributed by atoms with van der Waals surface area (Å²) in [5, 5.41) is 6.90. The van der Waals surface area contributed by atoms with Crippen LogP contribution in [0.2, 0.25) is 0 Å². The van der Waals surface area contributed by atoms with Crippen LogP contribution >= 0.6 is 11.3 Å². The minimum Gasteiger partial charge on any atom is -0.378 e. The average molecular weight is 254 g/mol. The number of aryl methyl sites for hydroxylation is 1. The Morgan fingerprint density at radius 2 is 2.41 bits per heavy atom. The Hall–Kier alpha value is -0.450. The highest BCUT2D eigenvalue weighted by molar-refractivity contribution is 7.09. The second-order valence-electron chi connectivity index (χ2n) is 5.14. The van der Waals surface area contributed by atoms with E-state index in [4.69, 9.17) is 4.74 Å². The van der Waals surface area contributed by atoms with Crippen molar-refractivity contribution in [2.75, 3.05) is 6.61 Å². The largest absolute Gasteiger partial charge is 0.378 e. The number of hydrogen-bond donors (Lipinski definition) is 1. The van der Waals surface area contributed by atoms with Crippen LogP contribution in [-0.2, 0) is 11.3 Å². The molecule has 0 bridgehead atoms. The van der Waals surface area contributed by atoms with Crippen molar-refractivity contribution >= 4 is 11.3 Å². The van der Waals surface area contributed by atoms with Crippen LogP contribution in [0.5, 0.6) is 0 Å². The van der Waals surface area contributed by atoms with Gasteiger partial charge in [0.1, 0.15) is 5.01 Å². The van der Waals surface area contributed by atoms with Gasteiger partial charge in [0.2, 0.25) is 0 Å². The summed E-state index contributed by atoms with van der Waals surface area (Å²) in [5.41, 5.74) is 1.12. The molecule has 17 heavy (non-hydrogen) atoms. The quantitative estimate of drug-likeness (QED) is 0.897. The summed E-state index contributed by atoms with van der Waals surface area (Å²) in [6.45, 7) is 8.29. The zero-order valence-corrected chi connectivity index (χ0v) is 11.7. The molecule has 2 unspecified atom stereocenters. The third kappa shape index (κ3) is 3.76. The minimum atomic E-state index is 0.416. The molecule has 2 heterocycles. The first-order valence-corrected chi connectivity index (χ1v) is 7.29. The zero-order valence-electron chi connectivity index (χ0n) is 10.9. The van der Waals surface area contributed by atoms with Gasteiger partial charge >= 0.3 is 0 Å².